The molecule has 0 aromatic carbocycles. The molecule has 0 heterocycles. The van der Waals surface area contributed by atoms with Crippen LogP contribution in [0.4, 0.5) is 0 Å². The van der Waals surface area contributed by atoms with Crippen molar-refractivity contribution >= 4 is 11.9 Å². The maximum atomic E-state index is 11.6. The van der Waals surface area contributed by atoms with Crippen LogP contribution in [0.5, 0.6) is 0 Å². The van der Waals surface area contributed by atoms with Gasteiger partial charge in [0.2, 0.25) is 5.91 Å². The number of carboxylic acids is 1. The number of carbonyl (C=O) groups excluding carboxylic acids is 1. The average molecular weight is 259 g/mol. The fraction of sp³-hybridized carbons (Fsp3) is 0.833. The lowest BCUT2D eigenvalue weighted by atomic mass is 9.80. The standard InChI is InChI=1S/C12H21NO5/c1-2-18-9-5-8(6-9)7-11(15)13-10(3-4-14)12(16)17/h8-10,14H,2-7H2,1H3,(H,13,15)(H,16,17). The van der Waals surface area contributed by atoms with E-state index in [4.69, 9.17) is 14.9 Å². The molecule has 0 radical (unpaired) electrons. The molecule has 1 atom stereocenters. The fourth-order valence-corrected chi connectivity index (χ4v) is 2.11. The first-order chi connectivity index (χ1) is 8.56. The van der Waals surface area contributed by atoms with Gasteiger partial charge in [0.1, 0.15) is 6.04 Å². The Labute approximate surface area is 106 Å². The van der Waals surface area contributed by atoms with Crippen molar-refractivity contribution in [1.82, 2.24) is 5.32 Å². The van der Waals surface area contributed by atoms with Crippen molar-refractivity contribution in [3.63, 3.8) is 0 Å². The lowest BCUT2D eigenvalue weighted by Gasteiger charge is -2.34. The van der Waals surface area contributed by atoms with Crippen molar-refractivity contribution in [2.75, 3.05) is 13.2 Å². The summed E-state index contributed by atoms with van der Waals surface area (Å²) >= 11 is 0. The van der Waals surface area contributed by atoms with E-state index in [-0.39, 0.29) is 31.0 Å². The largest absolute Gasteiger partial charge is 0.480 e. The molecule has 1 fully saturated rings. The number of amides is 1. The van der Waals surface area contributed by atoms with Crippen LogP contribution < -0.4 is 5.32 Å². The van der Waals surface area contributed by atoms with Gasteiger partial charge in [0.15, 0.2) is 0 Å². The zero-order valence-corrected chi connectivity index (χ0v) is 10.6. The van der Waals surface area contributed by atoms with E-state index in [9.17, 15) is 9.59 Å². The number of hydrogen-bond acceptors (Lipinski definition) is 4. The number of aliphatic hydroxyl groups excluding tert-OH is 1. The van der Waals surface area contributed by atoms with Crippen LogP contribution in [0.3, 0.4) is 0 Å². The van der Waals surface area contributed by atoms with Gasteiger partial charge in [-0.05, 0) is 25.7 Å². The van der Waals surface area contributed by atoms with E-state index < -0.39 is 12.0 Å². The Morgan fingerprint density at radius 1 is 1.44 bits per heavy atom. The van der Waals surface area contributed by atoms with Gasteiger partial charge in [0, 0.05) is 26.1 Å². The summed E-state index contributed by atoms with van der Waals surface area (Å²) in [6, 6.07) is -0.995. The number of aliphatic carboxylic acids is 1. The van der Waals surface area contributed by atoms with Gasteiger partial charge in [-0.1, -0.05) is 0 Å². The summed E-state index contributed by atoms with van der Waals surface area (Å²) < 4.78 is 5.39. The Morgan fingerprint density at radius 2 is 2.11 bits per heavy atom. The normalized spacial score (nSPS) is 24.1. The Balaban J connectivity index is 2.23. The highest BCUT2D eigenvalue weighted by atomic mass is 16.5. The van der Waals surface area contributed by atoms with E-state index in [1.807, 2.05) is 6.92 Å². The van der Waals surface area contributed by atoms with E-state index >= 15 is 0 Å². The topological polar surface area (TPSA) is 95.9 Å². The highest BCUT2D eigenvalue weighted by Gasteiger charge is 2.31. The number of nitrogens with one attached hydrogen (secondary N) is 1. The van der Waals surface area contributed by atoms with E-state index in [0.717, 1.165) is 12.8 Å². The Bertz CT molecular complexity index is 288. The lowest BCUT2D eigenvalue weighted by Crippen LogP contribution is -2.43. The van der Waals surface area contributed by atoms with Crippen molar-refractivity contribution < 1.29 is 24.5 Å². The number of carboxylic acid groups (broad SMARTS) is 1. The summed E-state index contributed by atoms with van der Waals surface area (Å²) in [5, 5.41) is 19.9. The summed E-state index contributed by atoms with van der Waals surface area (Å²) in [4.78, 5) is 22.4. The predicted octanol–water partition coefficient (Wildman–Crippen LogP) is 0.143. The minimum atomic E-state index is -1.11. The summed E-state index contributed by atoms with van der Waals surface area (Å²) in [5.41, 5.74) is 0. The maximum Gasteiger partial charge on any atom is 0.326 e. The third-order valence-corrected chi connectivity index (χ3v) is 3.12. The minimum absolute atomic E-state index is 0.0350. The first-order valence-electron chi connectivity index (χ1n) is 6.31. The van der Waals surface area contributed by atoms with Gasteiger partial charge in [-0.25, -0.2) is 4.79 Å². The van der Waals surface area contributed by atoms with Crippen LogP contribution in [-0.2, 0) is 14.3 Å². The van der Waals surface area contributed by atoms with Crippen molar-refractivity contribution in [2.45, 2.75) is 44.8 Å². The van der Waals surface area contributed by atoms with Gasteiger partial charge >= 0.3 is 5.97 Å². The molecule has 1 aliphatic carbocycles. The summed E-state index contributed by atoms with van der Waals surface area (Å²) in [5.74, 6) is -1.10. The Morgan fingerprint density at radius 3 is 2.61 bits per heavy atom. The lowest BCUT2D eigenvalue weighted by molar-refractivity contribution is -0.142. The van der Waals surface area contributed by atoms with E-state index in [1.54, 1.807) is 0 Å². The summed E-state index contributed by atoms with van der Waals surface area (Å²) in [6.45, 7) is 2.36. The molecule has 1 aliphatic rings. The van der Waals surface area contributed by atoms with Crippen LogP contribution in [0.2, 0.25) is 0 Å². The predicted molar refractivity (Wildman–Crippen MR) is 64.0 cm³/mol. The molecule has 1 saturated carbocycles. The molecular formula is C12H21NO5. The van der Waals surface area contributed by atoms with Crippen molar-refractivity contribution in [3.05, 3.63) is 0 Å². The van der Waals surface area contributed by atoms with E-state index in [2.05, 4.69) is 5.32 Å². The van der Waals surface area contributed by atoms with Crippen LogP contribution in [0.15, 0.2) is 0 Å². The monoisotopic (exact) mass is 259 g/mol. The van der Waals surface area contributed by atoms with Crippen molar-refractivity contribution in [3.8, 4) is 0 Å². The smallest absolute Gasteiger partial charge is 0.326 e. The molecule has 3 N–H and O–H groups in total. The van der Waals surface area contributed by atoms with E-state index in [1.165, 1.54) is 0 Å². The molecule has 0 aromatic heterocycles. The van der Waals surface area contributed by atoms with Crippen LogP contribution in [0, 0.1) is 5.92 Å². The van der Waals surface area contributed by atoms with Gasteiger partial charge < -0.3 is 20.3 Å². The van der Waals surface area contributed by atoms with Gasteiger partial charge in [-0.15, -0.1) is 0 Å². The van der Waals surface area contributed by atoms with Crippen LogP contribution in [-0.4, -0.2) is 47.4 Å². The summed E-state index contributed by atoms with van der Waals surface area (Å²) in [7, 11) is 0. The van der Waals surface area contributed by atoms with Crippen LogP contribution in [0.1, 0.15) is 32.6 Å². The molecule has 0 bridgehead atoms. The molecular weight excluding hydrogens is 238 g/mol. The number of hydrogen-bond donors (Lipinski definition) is 3. The SMILES string of the molecule is CCOC1CC(CC(=O)NC(CCO)C(=O)O)C1. The Kier molecular flexibility index (Phi) is 6.07. The first kappa shape index (κ1) is 14.9. The molecule has 104 valence electrons. The molecule has 18 heavy (non-hydrogen) atoms. The highest BCUT2D eigenvalue weighted by molar-refractivity contribution is 5.83. The van der Waals surface area contributed by atoms with Crippen LogP contribution in [0.25, 0.3) is 0 Å². The van der Waals surface area contributed by atoms with Gasteiger partial charge in [0.25, 0.3) is 0 Å². The second kappa shape index (κ2) is 7.33. The number of rotatable bonds is 8. The van der Waals surface area contributed by atoms with Gasteiger partial charge in [0.05, 0.1) is 6.10 Å². The molecule has 0 aliphatic heterocycles. The fourth-order valence-electron chi connectivity index (χ4n) is 2.11. The number of ether oxygens (including phenoxy) is 1. The zero-order chi connectivity index (χ0) is 13.5. The molecule has 0 spiro atoms. The molecule has 6 nitrogen and oxygen atoms in total. The molecule has 0 saturated heterocycles. The van der Waals surface area contributed by atoms with Gasteiger partial charge in [-0.2, -0.15) is 0 Å². The molecule has 1 rings (SSSR count). The Hall–Kier alpha value is -1.14. The third kappa shape index (κ3) is 4.62. The van der Waals surface area contributed by atoms with E-state index in [0.29, 0.717) is 13.0 Å². The quantitative estimate of drug-likeness (QED) is 0.576. The highest BCUT2D eigenvalue weighted by Crippen LogP contribution is 2.32. The molecule has 0 aromatic rings. The molecule has 6 heteroatoms. The maximum absolute atomic E-state index is 11.6. The third-order valence-electron chi connectivity index (χ3n) is 3.12. The second-order valence-corrected chi connectivity index (χ2v) is 4.59. The second-order valence-electron chi connectivity index (χ2n) is 4.59. The molecule has 1 amide bonds. The average Bonchev–Trinajstić information content (AvgIpc) is 2.25. The minimum Gasteiger partial charge on any atom is -0.480 e. The number of carbonyl (C=O) groups is 2. The zero-order valence-electron chi connectivity index (χ0n) is 10.6. The van der Waals surface area contributed by atoms with Crippen molar-refractivity contribution in [1.29, 1.82) is 0 Å². The molecule has 1 unspecified atom stereocenters. The number of aliphatic hydroxyl groups is 1. The summed E-state index contributed by atoms with van der Waals surface area (Å²) in [6.07, 6.45) is 2.34. The van der Waals surface area contributed by atoms with Gasteiger partial charge in [-0.3, -0.25) is 4.79 Å². The van der Waals surface area contributed by atoms with Crippen molar-refractivity contribution in [2.24, 2.45) is 5.92 Å². The first-order valence-corrected chi connectivity index (χ1v) is 6.31. The van der Waals surface area contributed by atoms with Crippen LogP contribution >= 0.6 is 0 Å².